The Morgan fingerprint density at radius 3 is 2.72 bits per heavy atom. The largest absolute Gasteiger partial charge is 0.378 e. The summed E-state index contributed by atoms with van der Waals surface area (Å²) >= 11 is 0. The molecule has 6 heteroatoms. The number of ether oxygens (including phenoxy) is 1. The highest BCUT2D eigenvalue weighted by atomic mass is 32.2. The molecule has 0 bridgehead atoms. The van der Waals surface area contributed by atoms with E-state index in [4.69, 9.17) is 4.74 Å². The third-order valence-electron chi connectivity index (χ3n) is 3.06. The van der Waals surface area contributed by atoms with Gasteiger partial charge in [0.15, 0.2) is 0 Å². The summed E-state index contributed by atoms with van der Waals surface area (Å²) in [5.41, 5.74) is 0. The molecule has 5 nitrogen and oxygen atoms in total. The second-order valence-electron chi connectivity index (χ2n) is 5.28. The topological polar surface area (TPSA) is 67.4 Å². The van der Waals surface area contributed by atoms with Crippen molar-refractivity contribution in [1.29, 1.82) is 0 Å². The molecule has 0 aromatic rings. The van der Waals surface area contributed by atoms with Crippen molar-refractivity contribution in [2.45, 2.75) is 58.2 Å². The first kappa shape index (κ1) is 15.9. The van der Waals surface area contributed by atoms with Gasteiger partial charge in [0.25, 0.3) is 0 Å². The maximum Gasteiger partial charge on any atom is 0.213 e. The van der Waals surface area contributed by atoms with Crippen LogP contribution in [-0.4, -0.2) is 45.5 Å². The average molecular weight is 278 g/mol. The molecule has 0 saturated carbocycles. The second kappa shape index (κ2) is 7.43. The summed E-state index contributed by atoms with van der Waals surface area (Å²) in [7, 11) is -3.21. The van der Waals surface area contributed by atoms with Gasteiger partial charge >= 0.3 is 0 Å². The summed E-state index contributed by atoms with van der Waals surface area (Å²) < 4.78 is 31.3. The Morgan fingerprint density at radius 1 is 1.39 bits per heavy atom. The lowest BCUT2D eigenvalue weighted by atomic mass is 10.00. The number of hydrogen-bond donors (Lipinski definition) is 2. The molecule has 18 heavy (non-hydrogen) atoms. The van der Waals surface area contributed by atoms with Gasteiger partial charge in [0.2, 0.25) is 10.0 Å². The quantitative estimate of drug-likeness (QED) is 0.725. The molecule has 1 aliphatic heterocycles. The van der Waals surface area contributed by atoms with Gasteiger partial charge < -0.3 is 10.1 Å². The van der Waals surface area contributed by atoms with Gasteiger partial charge in [-0.15, -0.1) is 0 Å². The Bertz CT molecular complexity index is 330. The SMILES string of the molecule is CC1CCCC(CNS(=O)(=O)CCOC(C)C)N1. The van der Waals surface area contributed by atoms with Crippen LogP contribution < -0.4 is 10.0 Å². The van der Waals surface area contributed by atoms with Gasteiger partial charge in [-0.25, -0.2) is 13.1 Å². The number of piperidine rings is 1. The molecule has 0 aliphatic carbocycles. The van der Waals surface area contributed by atoms with E-state index in [9.17, 15) is 8.42 Å². The van der Waals surface area contributed by atoms with Gasteiger partial charge in [-0.2, -0.15) is 0 Å². The Balaban J connectivity index is 2.24. The van der Waals surface area contributed by atoms with E-state index in [-0.39, 0.29) is 24.5 Å². The molecular formula is C12H26N2O3S. The van der Waals surface area contributed by atoms with Crippen molar-refractivity contribution in [1.82, 2.24) is 10.0 Å². The van der Waals surface area contributed by atoms with Crippen molar-refractivity contribution in [2.24, 2.45) is 0 Å². The van der Waals surface area contributed by atoms with E-state index in [1.54, 1.807) is 0 Å². The Labute approximate surface area is 111 Å². The zero-order valence-corrected chi connectivity index (χ0v) is 12.4. The van der Waals surface area contributed by atoms with Gasteiger partial charge in [-0.05, 0) is 33.6 Å². The summed E-state index contributed by atoms with van der Waals surface area (Å²) in [6.45, 7) is 6.66. The fraction of sp³-hybridized carbons (Fsp3) is 1.00. The minimum absolute atomic E-state index is 0.0352. The second-order valence-corrected chi connectivity index (χ2v) is 7.21. The molecule has 0 spiro atoms. The van der Waals surface area contributed by atoms with Gasteiger partial charge in [0.1, 0.15) is 0 Å². The van der Waals surface area contributed by atoms with Crippen LogP contribution in [0.4, 0.5) is 0 Å². The first-order chi connectivity index (χ1) is 8.39. The molecular weight excluding hydrogens is 252 g/mol. The highest BCUT2D eigenvalue weighted by molar-refractivity contribution is 7.89. The van der Waals surface area contributed by atoms with Crippen LogP contribution in [0.5, 0.6) is 0 Å². The van der Waals surface area contributed by atoms with Crippen molar-refractivity contribution >= 4 is 10.0 Å². The molecule has 1 rings (SSSR count). The van der Waals surface area contributed by atoms with Gasteiger partial charge in [-0.1, -0.05) is 6.42 Å². The van der Waals surface area contributed by atoms with Crippen LogP contribution in [0.15, 0.2) is 0 Å². The number of hydrogen-bond acceptors (Lipinski definition) is 4. The maximum absolute atomic E-state index is 11.7. The van der Waals surface area contributed by atoms with Crippen molar-refractivity contribution < 1.29 is 13.2 Å². The molecule has 1 saturated heterocycles. The molecule has 1 fully saturated rings. The number of rotatable bonds is 7. The van der Waals surface area contributed by atoms with Gasteiger partial charge in [0, 0.05) is 18.6 Å². The van der Waals surface area contributed by atoms with Crippen LogP contribution in [0, 0.1) is 0 Å². The predicted molar refractivity (Wildman–Crippen MR) is 73.1 cm³/mol. The molecule has 2 N–H and O–H groups in total. The standard InChI is InChI=1S/C12H26N2O3S/c1-10(2)17-7-8-18(15,16)13-9-12-6-4-5-11(3)14-12/h10-14H,4-9H2,1-3H3. The monoisotopic (exact) mass is 278 g/mol. The average Bonchev–Trinajstić information content (AvgIpc) is 2.26. The van der Waals surface area contributed by atoms with E-state index in [1.165, 1.54) is 6.42 Å². The van der Waals surface area contributed by atoms with Gasteiger partial charge in [0.05, 0.1) is 18.5 Å². The molecule has 0 aromatic carbocycles. The molecule has 2 unspecified atom stereocenters. The zero-order chi connectivity index (χ0) is 13.6. The molecule has 0 radical (unpaired) electrons. The molecule has 2 atom stereocenters. The molecule has 0 aromatic heterocycles. The van der Waals surface area contributed by atoms with Crippen molar-refractivity contribution in [3.63, 3.8) is 0 Å². The van der Waals surface area contributed by atoms with E-state index < -0.39 is 10.0 Å². The minimum Gasteiger partial charge on any atom is -0.378 e. The van der Waals surface area contributed by atoms with Crippen LogP contribution in [0.25, 0.3) is 0 Å². The van der Waals surface area contributed by atoms with Crippen LogP contribution in [0.1, 0.15) is 40.0 Å². The number of nitrogens with one attached hydrogen (secondary N) is 2. The first-order valence-electron chi connectivity index (χ1n) is 6.74. The summed E-state index contributed by atoms with van der Waals surface area (Å²) in [6.07, 6.45) is 3.44. The van der Waals surface area contributed by atoms with E-state index in [0.717, 1.165) is 12.8 Å². The normalized spacial score (nSPS) is 25.6. The first-order valence-corrected chi connectivity index (χ1v) is 8.39. The van der Waals surface area contributed by atoms with E-state index in [0.29, 0.717) is 12.6 Å². The Hall–Kier alpha value is -0.170. The highest BCUT2D eigenvalue weighted by Crippen LogP contribution is 2.11. The molecule has 1 aliphatic rings. The van der Waals surface area contributed by atoms with Crippen LogP contribution in [0.2, 0.25) is 0 Å². The highest BCUT2D eigenvalue weighted by Gasteiger charge is 2.19. The van der Waals surface area contributed by atoms with Crippen molar-refractivity contribution in [2.75, 3.05) is 18.9 Å². The fourth-order valence-corrected chi connectivity index (χ4v) is 3.01. The summed E-state index contributed by atoms with van der Waals surface area (Å²) in [5, 5.41) is 3.41. The van der Waals surface area contributed by atoms with E-state index in [2.05, 4.69) is 17.0 Å². The van der Waals surface area contributed by atoms with E-state index in [1.807, 2.05) is 13.8 Å². The lowest BCUT2D eigenvalue weighted by molar-refractivity contribution is 0.0911. The van der Waals surface area contributed by atoms with Crippen molar-refractivity contribution in [3.8, 4) is 0 Å². The third-order valence-corrected chi connectivity index (χ3v) is 4.37. The molecule has 0 amide bonds. The minimum atomic E-state index is -3.21. The summed E-state index contributed by atoms with van der Waals surface area (Å²) in [5.74, 6) is 0.0352. The van der Waals surface area contributed by atoms with Crippen LogP contribution in [-0.2, 0) is 14.8 Å². The number of sulfonamides is 1. The van der Waals surface area contributed by atoms with E-state index >= 15 is 0 Å². The predicted octanol–water partition coefficient (Wildman–Crippen LogP) is 0.861. The Kier molecular flexibility index (Phi) is 6.55. The Morgan fingerprint density at radius 2 is 2.11 bits per heavy atom. The lowest BCUT2D eigenvalue weighted by Gasteiger charge is -2.28. The maximum atomic E-state index is 11.7. The van der Waals surface area contributed by atoms with Crippen molar-refractivity contribution in [3.05, 3.63) is 0 Å². The molecule has 1 heterocycles. The molecule has 108 valence electrons. The summed E-state index contributed by atoms with van der Waals surface area (Å²) in [6, 6.07) is 0.743. The van der Waals surface area contributed by atoms with Crippen LogP contribution >= 0.6 is 0 Å². The third kappa shape index (κ3) is 6.68. The smallest absolute Gasteiger partial charge is 0.213 e. The fourth-order valence-electron chi connectivity index (χ4n) is 2.09. The zero-order valence-electron chi connectivity index (χ0n) is 11.6. The van der Waals surface area contributed by atoms with Crippen LogP contribution in [0.3, 0.4) is 0 Å². The van der Waals surface area contributed by atoms with Gasteiger partial charge in [-0.3, -0.25) is 0 Å². The lowest BCUT2D eigenvalue weighted by Crippen LogP contribution is -2.47. The summed E-state index contributed by atoms with van der Waals surface area (Å²) in [4.78, 5) is 0.